The maximum Gasteiger partial charge on any atom is 0.141 e. The number of aromatic nitrogens is 2. The highest BCUT2D eigenvalue weighted by Gasteiger charge is 2.12. The number of nitrogens with one attached hydrogen (secondary N) is 2. The number of hydrogen-bond donors (Lipinski definition) is 2. The lowest BCUT2D eigenvalue weighted by Crippen LogP contribution is -2.08. The van der Waals surface area contributed by atoms with Crippen molar-refractivity contribution < 1.29 is 4.39 Å². The van der Waals surface area contributed by atoms with E-state index in [1.54, 1.807) is 12.1 Å². The van der Waals surface area contributed by atoms with Gasteiger partial charge >= 0.3 is 0 Å². The Bertz CT molecular complexity index is 546. The summed E-state index contributed by atoms with van der Waals surface area (Å²) in [4.78, 5) is 0. The van der Waals surface area contributed by atoms with Gasteiger partial charge in [-0.15, -0.1) is 0 Å². The van der Waals surface area contributed by atoms with E-state index in [1.807, 2.05) is 20.8 Å². The molecule has 0 bridgehead atoms. The van der Waals surface area contributed by atoms with Crippen molar-refractivity contribution >= 4 is 17.3 Å². The van der Waals surface area contributed by atoms with Crippen molar-refractivity contribution in [3.05, 3.63) is 46.0 Å². The van der Waals surface area contributed by atoms with Crippen LogP contribution in [0.1, 0.15) is 29.9 Å². The molecule has 0 fully saturated rings. The number of H-pyrrole nitrogens is 1. The van der Waals surface area contributed by atoms with Crippen molar-refractivity contribution in [1.82, 2.24) is 10.2 Å². The standard InChI is InChI=1S/C13H15ClFN3/c1-7(10-4-5-12(15)11(14)6-10)16-13-8(2)17-18-9(13)3/h4-7,16H,1-3H3,(H,17,18). The molecule has 0 aliphatic heterocycles. The second-order valence-corrected chi connectivity index (χ2v) is 4.76. The lowest BCUT2D eigenvalue weighted by atomic mass is 10.1. The molecule has 1 aromatic carbocycles. The smallest absolute Gasteiger partial charge is 0.141 e. The van der Waals surface area contributed by atoms with E-state index in [-0.39, 0.29) is 11.1 Å². The third-order valence-corrected chi connectivity index (χ3v) is 3.22. The average molecular weight is 268 g/mol. The van der Waals surface area contributed by atoms with Crippen LogP contribution in [0.15, 0.2) is 18.2 Å². The molecule has 0 radical (unpaired) electrons. The van der Waals surface area contributed by atoms with Crippen LogP contribution in [0.4, 0.5) is 10.1 Å². The van der Waals surface area contributed by atoms with Gasteiger partial charge in [0, 0.05) is 6.04 Å². The molecule has 0 aliphatic carbocycles. The van der Waals surface area contributed by atoms with Crippen LogP contribution in [0.2, 0.25) is 5.02 Å². The minimum Gasteiger partial charge on any atom is -0.376 e. The molecular formula is C13H15ClFN3. The number of aryl methyl sites for hydroxylation is 2. The Balaban J connectivity index is 2.22. The van der Waals surface area contributed by atoms with E-state index < -0.39 is 5.82 Å². The molecule has 1 aromatic heterocycles. The molecule has 0 saturated heterocycles. The number of halogens is 2. The number of hydrogen-bond acceptors (Lipinski definition) is 2. The third-order valence-electron chi connectivity index (χ3n) is 2.93. The Hall–Kier alpha value is -1.55. The van der Waals surface area contributed by atoms with Crippen molar-refractivity contribution in [2.75, 3.05) is 5.32 Å². The van der Waals surface area contributed by atoms with Gasteiger partial charge in [-0.1, -0.05) is 17.7 Å². The molecule has 2 rings (SSSR count). The number of benzene rings is 1. The quantitative estimate of drug-likeness (QED) is 0.883. The molecule has 3 nitrogen and oxygen atoms in total. The lowest BCUT2D eigenvalue weighted by molar-refractivity contribution is 0.627. The molecule has 1 unspecified atom stereocenters. The lowest BCUT2D eigenvalue weighted by Gasteiger charge is -2.16. The molecule has 0 spiro atoms. The highest BCUT2D eigenvalue weighted by atomic mass is 35.5. The first-order valence-corrected chi connectivity index (χ1v) is 6.10. The van der Waals surface area contributed by atoms with Crippen molar-refractivity contribution in [2.24, 2.45) is 0 Å². The first kappa shape index (κ1) is 12.9. The van der Waals surface area contributed by atoms with E-state index in [0.29, 0.717) is 0 Å². The fraction of sp³-hybridized carbons (Fsp3) is 0.308. The van der Waals surface area contributed by atoms with Gasteiger partial charge in [0.2, 0.25) is 0 Å². The van der Waals surface area contributed by atoms with E-state index in [0.717, 1.165) is 22.6 Å². The fourth-order valence-corrected chi connectivity index (χ4v) is 2.03. The Kier molecular flexibility index (Phi) is 3.57. The second-order valence-electron chi connectivity index (χ2n) is 4.35. The zero-order valence-corrected chi connectivity index (χ0v) is 11.3. The molecule has 0 aliphatic rings. The van der Waals surface area contributed by atoms with Crippen LogP contribution in [-0.4, -0.2) is 10.2 Å². The van der Waals surface area contributed by atoms with E-state index in [9.17, 15) is 4.39 Å². The molecule has 1 heterocycles. The Morgan fingerprint density at radius 3 is 2.67 bits per heavy atom. The van der Waals surface area contributed by atoms with Gasteiger partial charge < -0.3 is 5.32 Å². The molecule has 2 N–H and O–H groups in total. The van der Waals surface area contributed by atoms with Gasteiger partial charge in [-0.2, -0.15) is 5.10 Å². The van der Waals surface area contributed by atoms with Gasteiger partial charge in [-0.25, -0.2) is 4.39 Å². The van der Waals surface area contributed by atoms with E-state index in [2.05, 4.69) is 15.5 Å². The second kappa shape index (κ2) is 4.98. The van der Waals surface area contributed by atoms with Crippen LogP contribution >= 0.6 is 11.6 Å². The highest BCUT2D eigenvalue weighted by Crippen LogP contribution is 2.26. The Morgan fingerprint density at radius 2 is 2.11 bits per heavy atom. The monoisotopic (exact) mass is 267 g/mol. The summed E-state index contributed by atoms with van der Waals surface area (Å²) in [6, 6.07) is 4.77. The van der Waals surface area contributed by atoms with Crippen molar-refractivity contribution in [3.8, 4) is 0 Å². The number of rotatable bonds is 3. The van der Waals surface area contributed by atoms with Gasteiger partial charge in [0.15, 0.2) is 0 Å². The summed E-state index contributed by atoms with van der Waals surface area (Å²) < 4.78 is 13.1. The number of nitrogens with zero attached hydrogens (tertiary/aromatic N) is 1. The predicted molar refractivity (Wildman–Crippen MR) is 71.5 cm³/mol. The van der Waals surface area contributed by atoms with Crippen molar-refractivity contribution in [1.29, 1.82) is 0 Å². The van der Waals surface area contributed by atoms with Crippen LogP contribution in [-0.2, 0) is 0 Å². The molecular weight excluding hydrogens is 253 g/mol. The Labute approximate surface area is 110 Å². The maximum absolute atomic E-state index is 13.1. The van der Waals surface area contributed by atoms with Crippen molar-refractivity contribution in [3.63, 3.8) is 0 Å². The minimum absolute atomic E-state index is 0.0260. The fourth-order valence-electron chi connectivity index (χ4n) is 1.85. The third kappa shape index (κ3) is 2.48. The topological polar surface area (TPSA) is 40.7 Å². The number of aromatic amines is 1. The summed E-state index contributed by atoms with van der Waals surface area (Å²) in [5, 5.41) is 10.5. The summed E-state index contributed by atoms with van der Waals surface area (Å²) in [7, 11) is 0. The summed E-state index contributed by atoms with van der Waals surface area (Å²) in [5.74, 6) is -0.400. The highest BCUT2D eigenvalue weighted by molar-refractivity contribution is 6.30. The van der Waals surface area contributed by atoms with E-state index >= 15 is 0 Å². The molecule has 5 heteroatoms. The zero-order valence-electron chi connectivity index (χ0n) is 10.5. The van der Waals surface area contributed by atoms with Crippen LogP contribution in [0, 0.1) is 19.7 Å². The predicted octanol–water partition coefficient (Wildman–Crippen LogP) is 3.99. The molecule has 2 aromatic rings. The van der Waals surface area contributed by atoms with Crippen molar-refractivity contribution in [2.45, 2.75) is 26.8 Å². The summed E-state index contributed by atoms with van der Waals surface area (Å²) >= 11 is 5.78. The SMILES string of the molecule is Cc1n[nH]c(C)c1NC(C)c1ccc(F)c(Cl)c1. The number of anilines is 1. The van der Waals surface area contributed by atoms with Crippen LogP contribution in [0.5, 0.6) is 0 Å². The normalized spacial score (nSPS) is 12.5. The first-order chi connectivity index (χ1) is 8.49. The molecule has 0 amide bonds. The molecule has 0 saturated carbocycles. The average Bonchev–Trinajstić information content (AvgIpc) is 2.64. The summed E-state index contributed by atoms with van der Waals surface area (Å²) in [6.07, 6.45) is 0. The van der Waals surface area contributed by atoms with Gasteiger partial charge in [-0.05, 0) is 38.5 Å². The first-order valence-electron chi connectivity index (χ1n) is 5.72. The van der Waals surface area contributed by atoms with Gasteiger partial charge in [0.05, 0.1) is 22.1 Å². The van der Waals surface area contributed by atoms with Crippen LogP contribution in [0.25, 0.3) is 0 Å². The van der Waals surface area contributed by atoms with E-state index in [4.69, 9.17) is 11.6 Å². The van der Waals surface area contributed by atoms with Gasteiger partial charge in [0.1, 0.15) is 5.82 Å². The van der Waals surface area contributed by atoms with Crippen LogP contribution in [0.3, 0.4) is 0 Å². The summed E-state index contributed by atoms with van der Waals surface area (Å²) in [6.45, 7) is 5.87. The summed E-state index contributed by atoms with van der Waals surface area (Å²) in [5.41, 5.74) is 3.80. The zero-order chi connectivity index (χ0) is 13.3. The van der Waals surface area contributed by atoms with Gasteiger partial charge in [0.25, 0.3) is 0 Å². The van der Waals surface area contributed by atoms with Gasteiger partial charge in [-0.3, -0.25) is 5.10 Å². The minimum atomic E-state index is -0.400. The van der Waals surface area contributed by atoms with Crippen LogP contribution < -0.4 is 5.32 Å². The molecule has 18 heavy (non-hydrogen) atoms. The van der Waals surface area contributed by atoms with E-state index in [1.165, 1.54) is 6.07 Å². The largest absolute Gasteiger partial charge is 0.376 e. The Morgan fingerprint density at radius 1 is 1.39 bits per heavy atom. The maximum atomic E-state index is 13.1. The molecule has 1 atom stereocenters. The molecule has 96 valence electrons.